The second-order valence-electron chi connectivity index (χ2n) is 9.77. The van der Waals surface area contributed by atoms with E-state index < -0.39 is 0 Å². The Morgan fingerprint density at radius 2 is 1.19 bits per heavy atom. The topological polar surface area (TPSA) is 25.8 Å². The zero-order valence-corrected chi connectivity index (χ0v) is 18.7. The fraction of sp³-hybridized carbons (Fsp3) is 0.241. The molecule has 2 aromatic heterocycles. The van der Waals surface area contributed by atoms with Gasteiger partial charge >= 0.3 is 0 Å². The van der Waals surface area contributed by atoms with Crippen LogP contribution in [0.3, 0.4) is 0 Å². The van der Waals surface area contributed by atoms with Gasteiger partial charge in [0.1, 0.15) is 0 Å². The standard InChI is InChI=1S/C29H28N2/c1-28(2)19-24-13-7-16-27(30-24)29(3,4)23-12-6-10-21(18-23)26-15-8-14-25(31-26)20-9-5-11-22(28)17-20/h5-18H,19H2,1-4H3. The van der Waals surface area contributed by atoms with Gasteiger partial charge in [-0.15, -0.1) is 0 Å². The van der Waals surface area contributed by atoms with E-state index in [1.165, 1.54) is 11.1 Å². The number of hydrogen-bond acceptors (Lipinski definition) is 2. The van der Waals surface area contributed by atoms with Crippen molar-refractivity contribution in [2.24, 2.45) is 0 Å². The summed E-state index contributed by atoms with van der Waals surface area (Å²) in [6.07, 6.45) is 0.883. The molecule has 1 aliphatic rings. The van der Waals surface area contributed by atoms with E-state index in [0.717, 1.165) is 40.3 Å². The van der Waals surface area contributed by atoms with E-state index in [0.29, 0.717) is 0 Å². The molecule has 31 heavy (non-hydrogen) atoms. The highest BCUT2D eigenvalue weighted by atomic mass is 14.7. The summed E-state index contributed by atoms with van der Waals surface area (Å²) >= 11 is 0. The lowest BCUT2D eigenvalue weighted by Gasteiger charge is -2.28. The minimum absolute atomic E-state index is 0.0405. The molecule has 0 N–H and O–H groups in total. The van der Waals surface area contributed by atoms with Gasteiger partial charge in [-0.25, -0.2) is 4.98 Å². The molecule has 0 amide bonds. The minimum Gasteiger partial charge on any atom is -0.257 e. The van der Waals surface area contributed by atoms with Crippen LogP contribution in [-0.4, -0.2) is 9.97 Å². The van der Waals surface area contributed by atoms with Crippen molar-refractivity contribution in [2.45, 2.75) is 44.9 Å². The molecule has 5 rings (SSSR count). The highest BCUT2D eigenvalue weighted by molar-refractivity contribution is 5.67. The fourth-order valence-corrected chi connectivity index (χ4v) is 4.55. The van der Waals surface area contributed by atoms with E-state index in [4.69, 9.17) is 9.97 Å². The average molecular weight is 405 g/mol. The first-order valence-corrected chi connectivity index (χ1v) is 11.0. The Kier molecular flexibility index (Phi) is 4.55. The Labute approximate surface area is 185 Å². The second kappa shape index (κ2) is 7.16. The summed E-state index contributed by atoms with van der Waals surface area (Å²) in [4.78, 5) is 10.2. The molecule has 0 unspecified atom stereocenters. The molecule has 0 saturated carbocycles. The fourth-order valence-electron chi connectivity index (χ4n) is 4.55. The van der Waals surface area contributed by atoms with Crippen molar-refractivity contribution >= 4 is 0 Å². The van der Waals surface area contributed by atoms with Gasteiger partial charge in [0.2, 0.25) is 0 Å². The van der Waals surface area contributed by atoms with Crippen LogP contribution in [0.5, 0.6) is 0 Å². The van der Waals surface area contributed by atoms with Gasteiger partial charge in [0.25, 0.3) is 0 Å². The van der Waals surface area contributed by atoms with Crippen LogP contribution in [0.25, 0.3) is 22.5 Å². The van der Waals surface area contributed by atoms with Gasteiger partial charge in [-0.1, -0.05) is 76.2 Å². The van der Waals surface area contributed by atoms with Crippen molar-refractivity contribution < 1.29 is 0 Å². The first-order valence-electron chi connectivity index (χ1n) is 11.0. The van der Waals surface area contributed by atoms with Crippen molar-refractivity contribution in [1.82, 2.24) is 9.97 Å². The molecule has 0 radical (unpaired) electrons. The second-order valence-corrected chi connectivity index (χ2v) is 9.77. The Morgan fingerprint density at radius 3 is 1.90 bits per heavy atom. The molecule has 2 heteroatoms. The molecule has 2 aromatic carbocycles. The van der Waals surface area contributed by atoms with Crippen LogP contribution in [0.15, 0.2) is 84.9 Å². The quantitative estimate of drug-likeness (QED) is 0.316. The van der Waals surface area contributed by atoms with E-state index >= 15 is 0 Å². The summed E-state index contributed by atoms with van der Waals surface area (Å²) in [6.45, 7) is 9.12. The molecule has 3 heterocycles. The van der Waals surface area contributed by atoms with Gasteiger partial charge in [-0.05, 0) is 59.4 Å². The maximum Gasteiger partial charge on any atom is 0.0709 e. The zero-order chi connectivity index (χ0) is 21.6. The summed E-state index contributed by atoms with van der Waals surface area (Å²) in [7, 11) is 0. The molecular weight excluding hydrogens is 376 g/mol. The smallest absolute Gasteiger partial charge is 0.0709 e. The first kappa shape index (κ1) is 19.7. The van der Waals surface area contributed by atoms with E-state index in [1.54, 1.807) is 0 Å². The van der Waals surface area contributed by atoms with Crippen molar-refractivity contribution in [1.29, 1.82) is 0 Å². The van der Waals surface area contributed by atoms with Crippen LogP contribution in [-0.2, 0) is 17.3 Å². The van der Waals surface area contributed by atoms with Crippen LogP contribution in [0, 0.1) is 0 Å². The van der Waals surface area contributed by atoms with Gasteiger partial charge in [0, 0.05) is 22.2 Å². The lowest BCUT2D eigenvalue weighted by molar-refractivity contribution is 0.510. The third-order valence-electron chi connectivity index (χ3n) is 6.64. The lowest BCUT2D eigenvalue weighted by Crippen LogP contribution is -2.24. The zero-order valence-electron chi connectivity index (χ0n) is 18.7. The minimum atomic E-state index is -0.203. The molecule has 4 aromatic rings. The molecular formula is C29H28N2. The third-order valence-corrected chi connectivity index (χ3v) is 6.64. The molecule has 0 spiro atoms. The summed E-state index contributed by atoms with van der Waals surface area (Å²) in [5.41, 5.74) is 8.83. The van der Waals surface area contributed by atoms with Crippen LogP contribution >= 0.6 is 0 Å². The molecule has 8 bridgehead atoms. The number of rotatable bonds is 0. The number of fused-ring (bicyclic) bond motifs is 10. The first-order chi connectivity index (χ1) is 14.8. The number of benzene rings is 2. The average Bonchev–Trinajstić information content (AvgIpc) is 2.79. The normalized spacial score (nSPS) is 16.1. The van der Waals surface area contributed by atoms with Gasteiger partial charge < -0.3 is 0 Å². The number of aromatic nitrogens is 2. The van der Waals surface area contributed by atoms with E-state index in [9.17, 15) is 0 Å². The third kappa shape index (κ3) is 3.57. The van der Waals surface area contributed by atoms with Crippen molar-refractivity contribution in [2.75, 3.05) is 0 Å². The lowest BCUT2D eigenvalue weighted by atomic mass is 9.78. The number of hydrogen-bond donors (Lipinski definition) is 0. The maximum atomic E-state index is 5.14. The summed E-state index contributed by atoms with van der Waals surface area (Å²) in [5.74, 6) is 0. The van der Waals surface area contributed by atoms with Crippen LogP contribution in [0.2, 0.25) is 0 Å². The van der Waals surface area contributed by atoms with E-state index in [1.807, 2.05) is 0 Å². The van der Waals surface area contributed by atoms with E-state index in [2.05, 4.69) is 113 Å². The van der Waals surface area contributed by atoms with Gasteiger partial charge in [-0.3, -0.25) is 4.98 Å². The molecule has 0 saturated heterocycles. The van der Waals surface area contributed by atoms with Gasteiger partial charge in [0.05, 0.1) is 17.1 Å². The van der Waals surface area contributed by atoms with Crippen molar-refractivity contribution in [3.05, 3.63) is 107 Å². The largest absolute Gasteiger partial charge is 0.257 e. The predicted octanol–water partition coefficient (Wildman–Crippen LogP) is 6.97. The Balaban J connectivity index is 1.79. The van der Waals surface area contributed by atoms with Crippen molar-refractivity contribution in [3.63, 3.8) is 0 Å². The summed E-state index contributed by atoms with van der Waals surface area (Å²) < 4.78 is 0. The number of nitrogens with zero attached hydrogens (tertiary/aromatic N) is 2. The predicted molar refractivity (Wildman–Crippen MR) is 128 cm³/mol. The maximum absolute atomic E-state index is 5.14. The molecule has 0 fully saturated rings. The Bertz CT molecular complexity index is 1270. The van der Waals surface area contributed by atoms with Crippen LogP contribution in [0.4, 0.5) is 0 Å². The SMILES string of the molecule is CC1(C)Cc2cccc(n2)C(C)(C)c2cccc(c2)-c2cccc(n2)-c2cccc1c2. The highest BCUT2D eigenvalue weighted by Crippen LogP contribution is 2.35. The Morgan fingerprint density at radius 1 is 0.613 bits per heavy atom. The molecule has 0 aliphatic carbocycles. The van der Waals surface area contributed by atoms with Crippen LogP contribution in [0.1, 0.15) is 50.2 Å². The molecule has 2 nitrogen and oxygen atoms in total. The van der Waals surface area contributed by atoms with Crippen molar-refractivity contribution in [3.8, 4) is 22.5 Å². The molecule has 0 atom stereocenters. The highest BCUT2D eigenvalue weighted by Gasteiger charge is 2.27. The summed E-state index contributed by atoms with van der Waals surface area (Å²) in [5, 5.41) is 0. The Hall–Kier alpha value is -3.26. The van der Waals surface area contributed by atoms with E-state index in [-0.39, 0.29) is 10.8 Å². The monoisotopic (exact) mass is 404 g/mol. The van der Waals surface area contributed by atoms with Crippen LogP contribution < -0.4 is 0 Å². The number of pyridine rings is 2. The molecule has 154 valence electrons. The molecule has 1 aliphatic heterocycles. The summed E-state index contributed by atoms with van der Waals surface area (Å²) in [6, 6.07) is 30.3. The van der Waals surface area contributed by atoms with Gasteiger partial charge in [0.15, 0.2) is 0 Å². The van der Waals surface area contributed by atoms with Gasteiger partial charge in [-0.2, -0.15) is 0 Å².